The van der Waals surface area contributed by atoms with Gasteiger partial charge in [-0.15, -0.1) is 10.2 Å². The molecule has 4 rings (SSSR count). The van der Waals surface area contributed by atoms with Crippen LogP contribution in [0.15, 0.2) is 30.3 Å². The van der Waals surface area contributed by atoms with Crippen molar-refractivity contribution >= 4 is 11.5 Å². The third-order valence-corrected chi connectivity index (χ3v) is 6.10. The van der Waals surface area contributed by atoms with E-state index in [1.807, 2.05) is 0 Å². The van der Waals surface area contributed by atoms with Crippen LogP contribution in [-0.4, -0.2) is 40.1 Å². The maximum Gasteiger partial charge on any atom is 0.151 e. The number of benzene rings is 1. The summed E-state index contributed by atoms with van der Waals surface area (Å²) in [6, 6.07) is 10.9. The Balaban J connectivity index is 1.54. The molecular weight excluding hydrogens is 346 g/mol. The van der Waals surface area contributed by atoms with E-state index in [2.05, 4.69) is 85.5 Å². The van der Waals surface area contributed by atoms with Gasteiger partial charge in [-0.1, -0.05) is 12.1 Å². The van der Waals surface area contributed by atoms with Crippen molar-refractivity contribution in [2.45, 2.75) is 70.5 Å². The number of aromatic nitrogens is 2. The Labute approximate surface area is 168 Å². The van der Waals surface area contributed by atoms with Gasteiger partial charge in [0.05, 0.1) is 5.69 Å². The predicted molar refractivity (Wildman–Crippen MR) is 115 cm³/mol. The highest BCUT2D eigenvalue weighted by Gasteiger charge is 2.39. The molecule has 0 radical (unpaired) electrons. The van der Waals surface area contributed by atoms with Gasteiger partial charge >= 0.3 is 0 Å². The fourth-order valence-corrected chi connectivity index (χ4v) is 5.05. The van der Waals surface area contributed by atoms with Gasteiger partial charge in [0.25, 0.3) is 0 Å². The van der Waals surface area contributed by atoms with Gasteiger partial charge in [-0.2, -0.15) is 0 Å². The van der Waals surface area contributed by atoms with Crippen LogP contribution in [0.2, 0.25) is 0 Å². The fourth-order valence-electron chi connectivity index (χ4n) is 5.05. The second kappa shape index (κ2) is 6.66. The van der Waals surface area contributed by atoms with Crippen molar-refractivity contribution in [3.8, 4) is 11.3 Å². The van der Waals surface area contributed by atoms with E-state index in [4.69, 9.17) is 5.41 Å². The van der Waals surface area contributed by atoms with Crippen molar-refractivity contribution in [2.75, 3.05) is 11.9 Å². The monoisotopic (exact) mass is 377 g/mol. The van der Waals surface area contributed by atoms with Crippen molar-refractivity contribution in [3.05, 3.63) is 41.5 Å². The van der Waals surface area contributed by atoms with Gasteiger partial charge < -0.3 is 15.6 Å². The predicted octanol–water partition coefficient (Wildman–Crippen LogP) is 4.20. The highest BCUT2D eigenvalue weighted by Crippen LogP contribution is 2.33. The topological polar surface area (TPSA) is 64.9 Å². The Kier molecular flexibility index (Phi) is 4.53. The zero-order chi connectivity index (χ0) is 20.1. The van der Waals surface area contributed by atoms with Crippen LogP contribution in [0, 0.1) is 5.41 Å². The summed E-state index contributed by atoms with van der Waals surface area (Å²) < 4.78 is 0. The maximum atomic E-state index is 8.00. The van der Waals surface area contributed by atoms with Crippen molar-refractivity contribution in [1.82, 2.24) is 15.5 Å². The SMILES string of the molecule is CN(c1ccc(-c2ccc3c(c2)CCC3=N)nn1)C1CC(C)(C)NC(C)(C)C1. The van der Waals surface area contributed by atoms with Gasteiger partial charge in [0.2, 0.25) is 0 Å². The van der Waals surface area contributed by atoms with Gasteiger partial charge in [0.15, 0.2) is 5.82 Å². The van der Waals surface area contributed by atoms with Crippen LogP contribution in [0.3, 0.4) is 0 Å². The van der Waals surface area contributed by atoms with Gasteiger partial charge in [-0.05, 0) is 82.7 Å². The zero-order valence-electron chi connectivity index (χ0n) is 17.6. The van der Waals surface area contributed by atoms with E-state index in [9.17, 15) is 0 Å². The summed E-state index contributed by atoms with van der Waals surface area (Å²) in [5, 5.41) is 20.8. The largest absolute Gasteiger partial charge is 0.355 e. The normalized spacial score (nSPS) is 20.8. The van der Waals surface area contributed by atoms with Gasteiger partial charge in [0.1, 0.15) is 0 Å². The summed E-state index contributed by atoms with van der Waals surface area (Å²) in [6.07, 6.45) is 3.95. The number of anilines is 1. The summed E-state index contributed by atoms with van der Waals surface area (Å²) >= 11 is 0. The second-order valence-electron chi connectivity index (χ2n) is 9.69. The van der Waals surface area contributed by atoms with Crippen LogP contribution in [0.25, 0.3) is 11.3 Å². The van der Waals surface area contributed by atoms with E-state index in [0.717, 1.165) is 54.0 Å². The molecule has 2 N–H and O–H groups in total. The first-order chi connectivity index (χ1) is 13.1. The molecule has 2 heterocycles. The molecule has 2 aromatic rings. The molecule has 0 saturated carbocycles. The number of fused-ring (bicyclic) bond motifs is 1. The highest BCUT2D eigenvalue weighted by atomic mass is 15.3. The van der Waals surface area contributed by atoms with Crippen molar-refractivity contribution in [1.29, 1.82) is 5.41 Å². The van der Waals surface area contributed by atoms with Crippen LogP contribution in [0.5, 0.6) is 0 Å². The summed E-state index contributed by atoms with van der Waals surface area (Å²) in [4.78, 5) is 2.28. The molecule has 1 fully saturated rings. The zero-order valence-corrected chi connectivity index (χ0v) is 17.6. The molecule has 5 nitrogen and oxygen atoms in total. The highest BCUT2D eigenvalue weighted by molar-refractivity contribution is 6.02. The van der Waals surface area contributed by atoms with Gasteiger partial charge in [-0.25, -0.2) is 0 Å². The van der Waals surface area contributed by atoms with E-state index < -0.39 is 0 Å². The number of hydrogen-bond donors (Lipinski definition) is 2. The Morgan fingerprint density at radius 1 is 1.00 bits per heavy atom. The minimum atomic E-state index is 0.103. The third kappa shape index (κ3) is 3.68. The second-order valence-corrected chi connectivity index (χ2v) is 9.69. The molecule has 0 spiro atoms. The average molecular weight is 378 g/mol. The first kappa shape index (κ1) is 19.1. The number of nitrogens with zero attached hydrogens (tertiary/aromatic N) is 3. The molecule has 0 atom stereocenters. The Bertz CT molecular complexity index is 882. The minimum Gasteiger partial charge on any atom is -0.355 e. The molecule has 2 aliphatic rings. The number of rotatable bonds is 3. The Morgan fingerprint density at radius 3 is 2.36 bits per heavy atom. The van der Waals surface area contributed by atoms with Gasteiger partial charge in [0, 0.05) is 35.4 Å². The lowest BCUT2D eigenvalue weighted by molar-refractivity contribution is 0.160. The molecule has 5 heteroatoms. The lowest BCUT2D eigenvalue weighted by Crippen LogP contribution is -2.62. The van der Waals surface area contributed by atoms with Crippen molar-refractivity contribution < 1.29 is 0 Å². The Morgan fingerprint density at radius 2 is 1.71 bits per heavy atom. The minimum absolute atomic E-state index is 0.103. The molecule has 1 aliphatic carbocycles. The molecule has 28 heavy (non-hydrogen) atoms. The molecule has 1 aromatic carbocycles. The smallest absolute Gasteiger partial charge is 0.151 e. The van der Waals surface area contributed by atoms with Gasteiger partial charge in [-0.3, -0.25) is 0 Å². The van der Waals surface area contributed by atoms with E-state index in [1.54, 1.807) is 0 Å². The number of piperidine rings is 1. The fraction of sp³-hybridized carbons (Fsp3) is 0.522. The van der Waals surface area contributed by atoms with E-state index in [-0.39, 0.29) is 11.1 Å². The van der Waals surface area contributed by atoms with Crippen LogP contribution < -0.4 is 10.2 Å². The quantitative estimate of drug-likeness (QED) is 0.841. The molecule has 1 saturated heterocycles. The molecule has 148 valence electrons. The third-order valence-electron chi connectivity index (χ3n) is 6.10. The summed E-state index contributed by atoms with van der Waals surface area (Å²) in [5.74, 6) is 0.921. The molecule has 0 unspecified atom stereocenters. The standard InChI is InChI=1S/C23H31N5/c1-22(2)13-17(14-23(3,4)27-22)28(5)21-11-10-20(25-26-21)16-6-8-18-15(12-16)7-9-19(18)24/h6,8,10-12,17,24,27H,7,9,13-14H2,1-5H3. The number of aryl methyl sites for hydroxylation is 1. The van der Waals surface area contributed by atoms with E-state index >= 15 is 0 Å². The van der Waals surface area contributed by atoms with Crippen LogP contribution in [-0.2, 0) is 6.42 Å². The lowest BCUT2D eigenvalue weighted by Gasteiger charge is -2.49. The first-order valence-electron chi connectivity index (χ1n) is 10.2. The molecule has 0 bridgehead atoms. The number of hydrogen-bond acceptors (Lipinski definition) is 5. The van der Waals surface area contributed by atoms with Crippen LogP contribution in [0.4, 0.5) is 5.82 Å². The summed E-state index contributed by atoms with van der Waals surface area (Å²) in [6.45, 7) is 9.10. The van der Waals surface area contributed by atoms with Crippen LogP contribution in [0.1, 0.15) is 58.1 Å². The summed E-state index contributed by atoms with van der Waals surface area (Å²) in [7, 11) is 2.13. The van der Waals surface area contributed by atoms with Crippen molar-refractivity contribution in [2.24, 2.45) is 0 Å². The first-order valence-corrected chi connectivity index (χ1v) is 10.2. The number of nitrogens with one attached hydrogen (secondary N) is 2. The summed E-state index contributed by atoms with van der Waals surface area (Å²) in [5.41, 5.74) is 5.27. The molecular formula is C23H31N5. The van der Waals surface area contributed by atoms with E-state index in [1.165, 1.54) is 5.56 Å². The van der Waals surface area contributed by atoms with Crippen LogP contribution >= 0.6 is 0 Å². The molecule has 0 amide bonds. The Hall–Kier alpha value is -2.27. The average Bonchev–Trinajstić information content (AvgIpc) is 2.99. The maximum absolute atomic E-state index is 8.00. The lowest BCUT2D eigenvalue weighted by atomic mass is 9.79. The van der Waals surface area contributed by atoms with Crippen molar-refractivity contribution in [3.63, 3.8) is 0 Å². The molecule has 1 aliphatic heterocycles. The van der Waals surface area contributed by atoms with E-state index in [0.29, 0.717) is 6.04 Å². The molecule has 1 aromatic heterocycles.